The number of aliphatic hydroxyl groups is 1. The van der Waals surface area contributed by atoms with Crippen molar-refractivity contribution in [2.24, 2.45) is 35.5 Å². The molecule has 0 amide bonds. The largest absolute Gasteiger partial charge is 0.393 e. The molecule has 0 aromatic rings. The Kier molecular flexibility index (Phi) is 2.78. The second-order valence-corrected chi connectivity index (χ2v) is 7.05. The second kappa shape index (κ2) is 4.01. The molecule has 0 saturated heterocycles. The van der Waals surface area contributed by atoms with E-state index in [9.17, 15) is 5.11 Å². The highest BCUT2D eigenvalue weighted by Crippen LogP contribution is 2.54. The topological polar surface area (TPSA) is 20.2 Å². The molecule has 0 aromatic carbocycles. The number of hydrogen-bond donors (Lipinski definition) is 1. The third kappa shape index (κ3) is 1.72. The molecule has 3 fully saturated rings. The van der Waals surface area contributed by atoms with Crippen molar-refractivity contribution < 1.29 is 5.11 Å². The highest BCUT2D eigenvalue weighted by atomic mass is 16.3. The fourth-order valence-electron chi connectivity index (χ4n) is 5.14. The summed E-state index contributed by atoms with van der Waals surface area (Å²) in [5, 5.41) is 10.4. The fraction of sp³-hybridized carbons (Fsp3) is 1.00. The van der Waals surface area contributed by atoms with Crippen LogP contribution < -0.4 is 0 Å². The molecule has 1 heteroatoms. The van der Waals surface area contributed by atoms with Gasteiger partial charge in [0.15, 0.2) is 0 Å². The third-order valence-corrected chi connectivity index (χ3v) is 5.81. The quantitative estimate of drug-likeness (QED) is 0.720. The maximum atomic E-state index is 10.4. The van der Waals surface area contributed by atoms with Gasteiger partial charge in [0.25, 0.3) is 0 Å². The molecule has 16 heavy (non-hydrogen) atoms. The number of rotatable bonds is 1. The molecule has 7 atom stereocenters. The van der Waals surface area contributed by atoms with E-state index in [-0.39, 0.29) is 6.10 Å². The number of aliphatic hydroxyl groups excluding tert-OH is 1. The van der Waals surface area contributed by atoms with Crippen molar-refractivity contribution in [3.8, 4) is 0 Å². The number of hydrogen-bond acceptors (Lipinski definition) is 1. The Morgan fingerprint density at radius 3 is 2.31 bits per heavy atom. The minimum Gasteiger partial charge on any atom is -0.393 e. The molecular weight excluding hydrogens is 196 g/mol. The van der Waals surface area contributed by atoms with Crippen LogP contribution in [0.4, 0.5) is 0 Å². The lowest BCUT2D eigenvalue weighted by Crippen LogP contribution is -2.40. The first kappa shape index (κ1) is 11.1. The fourth-order valence-corrected chi connectivity index (χ4v) is 5.14. The third-order valence-electron chi connectivity index (χ3n) is 5.81. The lowest BCUT2D eigenvalue weighted by Gasteiger charge is -2.42. The Morgan fingerprint density at radius 2 is 1.69 bits per heavy atom. The van der Waals surface area contributed by atoms with Gasteiger partial charge in [-0.1, -0.05) is 20.3 Å². The van der Waals surface area contributed by atoms with Gasteiger partial charge >= 0.3 is 0 Å². The van der Waals surface area contributed by atoms with Crippen LogP contribution >= 0.6 is 0 Å². The van der Waals surface area contributed by atoms with Crippen LogP contribution in [0.25, 0.3) is 0 Å². The van der Waals surface area contributed by atoms with Crippen LogP contribution in [0, 0.1) is 35.5 Å². The van der Waals surface area contributed by atoms with E-state index in [1.54, 1.807) is 0 Å². The van der Waals surface area contributed by atoms with Crippen molar-refractivity contribution in [3.63, 3.8) is 0 Å². The van der Waals surface area contributed by atoms with Crippen LogP contribution in [-0.4, -0.2) is 11.2 Å². The SMILES string of the molecule is C[C@H]1C[C@@H]([C@@H]2C[C@H]3CC[C@H]2C3)[C@@H](O)[C@H](C)C1. The van der Waals surface area contributed by atoms with Gasteiger partial charge in [-0.2, -0.15) is 0 Å². The zero-order valence-corrected chi connectivity index (χ0v) is 10.7. The van der Waals surface area contributed by atoms with Gasteiger partial charge in [0.05, 0.1) is 6.10 Å². The van der Waals surface area contributed by atoms with E-state index in [1.165, 1.54) is 38.5 Å². The molecule has 3 aliphatic rings. The highest BCUT2D eigenvalue weighted by Gasteiger charge is 2.47. The monoisotopic (exact) mass is 222 g/mol. The molecule has 2 bridgehead atoms. The molecule has 3 saturated carbocycles. The van der Waals surface area contributed by atoms with Gasteiger partial charge in [-0.25, -0.2) is 0 Å². The summed E-state index contributed by atoms with van der Waals surface area (Å²) in [5.41, 5.74) is 0. The maximum Gasteiger partial charge on any atom is 0.0596 e. The zero-order chi connectivity index (χ0) is 11.3. The molecule has 1 nitrogen and oxygen atoms in total. The van der Waals surface area contributed by atoms with Gasteiger partial charge in [-0.15, -0.1) is 0 Å². The van der Waals surface area contributed by atoms with E-state index in [2.05, 4.69) is 13.8 Å². The van der Waals surface area contributed by atoms with Gasteiger partial charge in [0, 0.05) is 0 Å². The van der Waals surface area contributed by atoms with Crippen LogP contribution in [0.1, 0.15) is 52.4 Å². The maximum absolute atomic E-state index is 10.4. The van der Waals surface area contributed by atoms with E-state index in [1.807, 2.05) is 0 Å². The van der Waals surface area contributed by atoms with Crippen molar-refractivity contribution >= 4 is 0 Å². The van der Waals surface area contributed by atoms with E-state index in [0.29, 0.717) is 11.8 Å². The van der Waals surface area contributed by atoms with Gasteiger partial charge < -0.3 is 5.11 Å². The summed E-state index contributed by atoms with van der Waals surface area (Å²) in [6.45, 7) is 4.63. The van der Waals surface area contributed by atoms with Gasteiger partial charge in [-0.05, 0) is 67.6 Å². The molecule has 0 heterocycles. The summed E-state index contributed by atoms with van der Waals surface area (Å²) in [5.74, 6) is 4.88. The minimum absolute atomic E-state index is 0.000509. The van der Waals surface area contributed by atoms with E-state index >= 15 is 0 Å². The summed E-state index contributed by atoms with van der Waals surface area (Å²) in [7, 11) is 0. The molecule has 92 valence electrons. The molecule has 0 spiro atoms. The minimum atomic E-state index is 0.000509. The van der Waals surface area contributed by atoms with Crippen molar-refractivity contribution in [2.75, 3.05) is 0 Å². The Hall–Kier alpha value is -0.0400. The zero-order valence-electron chi connectivity index (χ0n) is 10.7. The van der Waals surface area contributed by atoms with Crippen LogP contribution in [-0.2, 0) is 0 Å². The summed E-state index contributed by atoms with van der Waals surface area (Å²) in [6, 6.07) is 0. The summed E-state index contributed by atoms with van der Waals surface area (Å²) >= 11 is 0. The predicted molar refractivity (Wildman–Crippen MR) is 66.0 cm³/mol. The van der Waals surface area contributed by atoms with Crippen molar-refractivity contribution in [3.05, 3.63) is 0 Å². The molecule has 0 aromatic heterocycles. The molecule has 1 N–H and O–H groups in total. The lowest BCUT2D eigenvalue weighted by atomic mass is 9.66. The van der Waals surface area contributed by atoms with Gasteiger partial charge in [-0.3, -0.25) is 0 Å². The number of fused-ring (bicyclic) bond motifs is 2. The highest BCUT2D eigenvalue weighted by molar-refractivity contribution is 4.97. The van der Waals surface area contributed by atoms with Gasteiger partial charge in [0.1, 0.15) is 0 Å². The predicted octanol–water partition coefficient (Wildman–Crippen LogP) is 3.47. The van der Waals surface area contributed by atoms with Crippen molar-refractivity contribution in [1.29, 1.82) is 0 Å². The second-order valence-electron chi connectivity index (χ2n) is 7.05. The summed E-state index contributed by atoms with van der Waals surface area (Å²) < 4.78 is 0. The van der Waals surface area contributed by atoms with Crippen molar-refractivity contribution in [1.82, 2.24) is 0 Å². The van der Waals surface area contributed by atoms with E-state index < -0.39 is 0 Å². The summed E-state index contributed by atoms with van der Waals surface area (Å²) in [4.78, 5) is 0. The standard InChI is InChI=1S/C15H26O/c1-9-5-10(2)15(16)14(6-9)13-8-11-3-4-12(13)7-11/h9-16H,3-8H2,1-2H3/t9-,10-,11+,12+,13-,14+,15+/m1/s1. The first-order chi connectivity index (χ1) is 7.65. The molecule has 3 aliphatic carbocycles. The van der Waals surface area contributed by atoms with E-state index in [0.717, 1.165) is 23.7 Å². The van der Waals surface area contributed by atoms with E-state index in [4.69, 9.17) is 0 Å². The Labute approximate surface area is 99.6 Å². The molecule has 0 aliphatic heterocycles. The van der Waals surface area contributed by atoms with Crippen LogP contribution in [0.15, 0.2) is 0 Å². The summed E-state index contributed by atoms with van der Waals surface area (Å²) in [6.07, 6.45) is 8.39. The smallest absolute Gasteiger partial charge is 0.0596 e. The van der Waals surface area contributed by atoms with Gasteiger partial charge in [0.2, 0.25) is 0 Å². The molecule has 3 rings (SSSR count). The first-order valence-electron chi connectivity index (χ1n) is 7.33. The molecule has 0 unspecified atom stereocenters. The average Bonchev–Trinajstić information content (AvgIpc) is 2.84. The molecule has 0 radical (unpaired) electrons. The van der Waals surface area contributed by atoms with Crippen LogP contribution in [0.2, 0.25) is 0 Å². The van der Waals surface area contributed by atoms with Crippen molar-refractivity contribution in [2.45, 2.75) is 58.5 Å². The Balaban J connectivity index is 1.73. The molecular formula is C15H26O. The average molecular weight is 222 g/mol. The lowest BCUT2D eigenvalue weighted by molar-refractivity contribution is -0.0312. The Bertz CT molecular complexity index is 262. The Morgan fingerprint density at radius 1 is 0.875 bits per heavy atom. The van der Waals surface area contributed by atoms with Crippen LogP contribution in [0.5, 0.6) is 0 Å². The normalized spacial score (nSPS) is 56.8. The van der Waals surface area contributed by atoms with Crippen LogP contribution in [0.3, 0.4) is 0 Å². The first-order valence-corrected chi connectivity index (χ1v) is 7.33.